The van der Waals surface area contributed by atoms with E-state index in [4.69, 9.17) is 5.73 Å². The first kappa shape index (κ1) is 12.4. The third kappa shape index (κ3) is 3.76. The van der Waals surface area contributed by atoms with Crippen molar-refractivity contribution in [1.82, 2.24) is 9.78 Å². The minimum atomic E-state index is -0.886. The summed E-state index contributed by atoms with van der Waals surface area (Å²) < 4.78 is 13.5. The second-order valence-corrected chi connectivity index (χ2v) is 5.33. The SMILES string of the molecule is CCc1cc(CS(=O)CC(C)N)n(C)n1. The Bertz CT molecular complexity index is 346. The van der Waals surface area contributed by atoms with Crippen LogP contribution in [0.4, 0.5) is 0 Å². The molecule has 0 aromatic carbocycles. The summed E-state index contributed by atoms with van der Waals surface area (Å²) in [6.07, 6.45) is 0.910. The molecule has 1 aromatic heterocycles. The average Bonchev–Trinajstić information content (AvgIpc) is 2.46. The highest BCUT2D eigenvalue weighted by Gasteiger charge is 2.09. The molecule has 2 N–H and O–H groups in total. The summed E-state index contributed by atoms with van der Waals surface area (Å²) in [4.78, 5) is 0. The van der Waals surface area contributed by atoms with E-state index in [-0.39, 0.29) is 6.04 Å². The van der Waals surface area contributed by atoms with Crippen molar-refractivity contribution in [3.63, 3.8) is 0 Å². The monoisotopic (exact) mass is 229 g/mol. The van der Waals surface area contributed by atoms with Gasteiger partial charge in [-0.1, -0.05) is 6.92 Å². The molecule has 2 unspecified atom stereocenters. The fraction of sp³-hybridized carbons (Fsp3) is 0.700. The van der Waals surface area contributed by atoms with Gasteiger partial charge in [0.15, 0.2) is 0 Å². The molecule has 0 amide bonds. The van der Waals surface area contributed by atoms with Crippen molar-refractivity contribution in [2.75, 3.05) is 5.75 Å². The zero-order valence-electron chi connectivity index (χ0n) is 9.56. The quantitative estimate of drug-likeness (QED) is 0.803. The second-order valence-electron chi connectivity index (χ2n) is 3.83. The fourth-order valence-electron chi connectivity index (χ4n) is 1.40. The van der Waals surface area contributed by atoms with Gasteiger partial charge in [0.05, 0.1) is 17.1 Å². The minimum absolute atomic E-state index is 0.00953. The Morgan fingerprint density at radius 2 is 2.33 bits per heavy atom. The highest BCUT2D eigenvalue weighted by atomic mass is 32.2. The van der Waals surface area contributed by atoms with E-state index >= 15 is 0 Å². The second kappa shape index (κ2) is 5.42. The molecule has 0 aliphatic carbocycles. The average molecular weight is 229 g/mol. The molecule has 0 saturated heterocycles. The van der Waals surface area contributed by atoms with Crippen LogP contribution in [0.5, 0.6) is 0 Å². The van der Waals surface area contributed by atoms with Crippen LogP contribution in [0.25, 0.3) is 0 Å². The number of nitrogens with two attached hydrogens (primary N) is 1. The van der Waals surface area contributed by atoms with Gasteiger partial charge in [-0.15, -0.1) is 0 Å². The van der Waals surface area contributed by atoms with E-state index in [0.29, 0.717) is 11.5 Å². The van der Waals surface area contributed by atoms with Crippen molar-refractivity contribution >= 4 is 10.8 Å². The molecule has 15 heavy (non-hydrogen) atoms. The van der Waals surface area contributed by atoms with E-state index < -0.39 is 10.8 Å². The Kier molecular flexibility index (Phi) is 4.47. The zero-order valence-corrected chi connectivity index (χ0v) is 10.4. The Hall–Kier alpha value is -0.680. The first-order chi connectivity index (χ1) is 7.02. The van der Waals surface area contributed by atoms with Crippen molar-refractivity contribution in [2.24, 2.45) is 12.8 Å². The molecule has 1 aromatic rings. The molecular weight excluding hydrogens is 210 g/mol. The van der Waals surface area contributed by atoms with Gasteiger partial charge < -0.3 is 5.73 Å². The lowest BCUT2D eigenvalue weighted by atomic mass is 10.3. The maximum absolute atomic E-state index is 11.7. The van der Waals surface area contributed by atoms with Gasteiger partial charge >= 0.3 is 0 Å². The molecule has 0 saturated carbocycles. The van der Waals surface area contributed by atoms with Gasteiger partial charge in [-0.25, -0.2) is 0 Å². The van der Waals surface area contributed by atoms with Gasteiger partial charge in [0.25, 0.3) is 0 Å². The largest absolute Gasteiger partial charge is 0.327 e. The third-order valence-corrected chi connectivity index (χ3v) is 3.66. The van der Waals surface area contributed by atoms with Crippen LogP contribution in [-0.4, -0.2) is 25.8 Å². The van der Waals surface area contributed by atoms with Crippen LogP contribution in [0.1, 0.15) is 25.2 Å². The number of hydrogen-bond donors (Lipinski definition) is 1. The standard InChI is InChI=1S/C10H19N3OS/c1-4-9-5-10(13(3)12-9)7-15(14)6-8(2)11/h5,8H,4,6-7,11H2,1-3H3. The maximum atomic E-state index is 11.7. The smallest absolute Gasteiger partial charge is 0.0656 e. The first-order valence-electron chi connectivity index (χ1n) is 5.15. The molecule has 0 radical (unpaired) electrons. The van der Waals surface area contributed by atoms with Crippen LogP contribution < -0.4 is 5.73 Å². The lowest BCUT2D eigenvalue weighted by Gasteiger charge is -2.05. The first-order valence-corrected chi connectivity index (χ1v) is 6.64. The number of aryl methyl sites for hydroxylation is 2. The van der Waals surface area contributed by atoms with Crippen LogP contribution in [0.15, 0.2) is 6.07 Å². The van der Waals surface area contributed by atoms with Crippen LogP contribution >= 0.6 is 0 Å². The molecule has 86 valence electrons. The van der Waals surface area contributed by atoms with Crippen LogP contribution in [0.2, 0.25) is 0 Å². The Morgan fingerprint density at radius 1 is 1.67 bits per heavy atom. The Labute approximate surface area is 93.3 Å². The van der Waals surface area contributed by atoms with Crippen molar-refractivity contribution in [2.45, 2.75) is 32.1 Å². The van der Waals surface area contributed by atoms with Crippen molar-refractivity contribution in [3.05, 3.63) is 17.5 Å². The summed E-state index contributed by atoms with van der Waals surface area (Å²) in [7, 11) is 1.00. The molecule has 4 nitrogen and oxygen atoms in total. The Balaban J connectivity index is 2.63. The molecule has 0 fully saturated rings. The van der Waals surface area contributed by atoms with Gasteiger partial charge in [-0.05, 0) is 19.4 Å². The van der Waals surface area contributed by atoms with E-state index in [1.807, 2.05) is 20.0 Å². The number of nitrogens with zero attached hydrogens (tertiary/aromatic N) is 2. The maximum Gasteiger partial charge on any atom is 0.0656 e. The molecule has 0 bridgehead atoms. The summed E-state index contributed by atoms with van der Waals surface area (Å²) in [6.45, 7) is 3.93. The molecular formula is C10H19N3OS. The molecule has 0 spiro atoms. The highest BCUT2D eigenvalue weighted by molar-refractivity contribution is 7.84. The van der Waals surface area contributed by atoms with Gasteiger partial charge in [0, 0.05) is 29.6 Å². The summed E-state index contributed by atoms with van der Waals surface area (Å²) >= 11 is 0. The van der Waals surface area contributed by atoms with E-state index in [9.17, 15) is 4.21 Å². The summed E-state index contributed by atoms with van der Waals surface area (Å²) in [5.74, 6) is 1.09. The van der Waals surface area contributed by atoms with Crippen molar-refractivity contribution in [3.8, 4) is 0 Å². The van der Waals surface area contributed by atoms with Crippen LogP contribution in [0.3, 0.4) is 0 Å². The normalized spacial score (nSPS) is 15.2. The predicted molar refractivity (Wildman–Crippen MR) is 62.9 cm³/mol. The lowest BCUT2D eigenvalue weighted by molar-refractivity contribution is 0.669. The Morgan fingerprint density at radius 3 is 2.80 bits per heavy atom. The topological polar surface area (TPSA) is 60.9 Å². The van der Waals surface area contributed by atoms with Gasteiger partial charge in [0.2, 0.25) is 0 Å². The van der Waals surface area contributed by atoms with E-state index in [1.165, 1.54) is 0 Å². The molecule has 2 atom stereocenters. The number of rotatable bonds is 5. The van der Waals surface area contributed by atoms with E-state index in [0.717, 1.165) is 17.8 Å². The molecule has 1 heterocycles. The van der Waals surface area contributed by atoms with Crippen molar-refractivity contribution in [1.29, 1.82) is 0 Å². The van der Waals surface area contributed by atoms with Crippen LogP contribution in [-0.2, 0) is 30.0 Å². The number of aromatic nitrogens is 2. The zero-order chi connectivity index (χ0) is 11.4. The van der Waals surface area contributed by atoms with Crippen molar-refractivity contribution < 1.29 is 4.21 Å². The van der Waals surface area contributed by atoms with E-state index in [2.05, 4.69) is 12.0 Å². The minimum Gasteiger partial charge on any atom is -0.327 e. The van der Waals surface area contributed by atoms with Crippen LogP contribution in [0, 0.1) is 0 Å². The summed E-state index contributed by atoms with van der Waals surface area (Å²) in [5.41, 5.74) is 7.67. The lowest BCUT2D eigenvalue weighted by Crippen LogP contribution is -2.23. The third-order valence-electron chi connectivity index (χ3n) is 2.15. The molecule has 0 aliphatic rings. The molecule has 5 heteroatoms. The van der Waals surface area contributed by atoms with Gasteiger partial charge in [-0.3, -0.25) is 8.89 Å². The van der Waals surface area contributed by atoms with Gasteiger partial charge in [-0.2, -0.15) is 5.10 Å². The summed E-state index contributed by atoms with van der Waals surface area (Å²) in [6, 6.07) is 2.00. The number of hydrogen-bond acceptors (Lipinski definition) is 3. The fourth-order valence-corrected chi connectivity index (χ4v) is 2.70. The summed E-state index contributed by atoms with van der Waals surface area (Å²) in [5, 5.41) is 4.31. The molecule has 1 rings (SSSR count). The van der Waals surface area contributed by atoms with E-state index in [1.54, 1.807) is 4.68 Å². The predicted octanol–water partition coefficient (Wildman–Crippen LogP) is 0.578. The van der Waals surface area contributed by atoms with Gasteiger partial charge in [0.1, 0.15) is 0 Å². The highest BCUT2D eigenvalue weighted by Crippen LogP contribution is 2.07. The molecule has 0 aliphatic heterocycles.